The van der Waals surface area contributed by atoms with Gasteiger partial charge in [-0.3, -0.25) is 9.69 Å². The first kappa shape index (κ1) is 21.3. The zero-order chi connectivity index (χ0) is 21.8. The molecule has 2 N–H and O–H groups in total. The molecule has 0 unspecified atom stereocenters. The molecule has 9 heteroatoms. The van der Waals surface area contributed by atoms with Gasteiger partial charge >= 0.3 is 0 Å². The summed E-state index contributed by atoms with van der Waals surface area (Å²) in [7, 11) is 0. The number of aliphatic imine (C=N–C) groups is 1. The molecule has 164 valence electrons. The van der Waals surface area contributed by atoms with E-state index in [9.17, 15) is 9.18 Å². The number of carbonyl (C=O) groups excluding carboxylic acids is 1. The Labute approximate surface area is 181 Å². The Morgan fingerprint density at radius 3 is 2.87 bits per heavy atom. The van der Waals surface area contributed by atoms with E-state index in [0.717, 1.165) is 50.4 Å². The van der Waals surface area contributed by atoms with E-state index in [4.69, 9.17) is 0 Å². The van der Waals surface area contributed by atoms with Crippen molar-refractivity contribution < 1.29 is 9.18 Å². The van der Waals surface area contributed by atoms with Gasteiger partial charge in [0.2, 0.25) is 0 Å². The zero-order valence-electron chi connectivity index (χ0n) is 18.0. The maximum atomic E-state index is 13.6. The number of rotatable bonds is 6. The van der Waals surface area contributed by atoms with E-state index in [1.165, 1.54) is 12.4 Å². The second kappa shape index (κ2) is 9.49. The van der Waals surface area contributed by atoms with E-state index in [-0.39, 0.29) is 11.7 Å². The SMILES string of the molecule is C/C(=N\c1c(C)ncnc1N1CCc2cc(F)ccc21)C(=O)NCCN1CCNCC1. The van der Waals surface area contributed by atoms with Crippen LogP contribution >= 0.6 is 0 Å². The summed E-state index contributed by atoms with van der Waals surface area (Å²) in [4.78, 5) is 30.3. The number of amides is 1. The lowest BCUT2D eigenvalue weighted by Crippen LogP contribution is -2.46. The summed E-state index contributed by atoms with van der Waals surface area (Å²) in [6.45, 7) is 9.57. The maximum absolute atomic E-state index is 13.6. The second-order valence-electron chi connectivity index (χ2n) is 7.85. The number of benzene rings is 1. The molecule has 2 aliphatic heterocycles. The molecule has 0 bridgehead atoms. The predicted octanol–water partition coefficient (Wildman–Crippen LogP) is 1.73. The van der Waals surface area contributed by atoms with E-state index in [1.54, 1.807) is 19.1 Å². The van der Waals surface area contributed by atoms with Crippen molar-refractivity contribution in [3.8, 4) is 0 Å². The molecule has 0 atom stereocenters. The van der Waals surface area contributed by atoms with Gasteiger partial charge in [-0.15, -0.1) is 0 Å². The number of nitrogens with zero attached hydrogens (tertiary/aromatic N) is 5. The highest BCUT2D eigenvalue weighted by Gasteiger charge is 2.25. The fourth-order valence-corrected chi connectivity index (χ4v) is 3.98. The highest BCUT2D eigenvalue weighted by molar-refractivity contribution is 6.38. The van der Waals surface area contributed by atoms with Crippen LogP contribution in [0, 0.1) is 12.7 Å². The molecule has 2 aromatic rings. The van der Waals surface area contributed by atoms with Crippen LogP contribution in [0.2, 0.25) is 0 Å². The Kier molecular flexibility index (Phi) is 6.53. The summed E-state index contributed by atoms with van der Waals surface area (Å²) in [5, 5.41) is 6.27. The number of aryl methyl sites for hydroxylation is 1. The molecular weight excluding hydrogens is 397 g/mol. The number of piperazine rings is 1. The van der Waals surface area contributed by atoms with E-state index < -0.39 is 0 Å². The predicted molar refractivity (Wildman–Crippen MR) is 119 cm³/mol. The molecule has 4 rings (SSSR count). The van der Waals surface area contributed by atoms with Gasteiger partial charge < -0.3 is 15.5 Å². The first-order chi connectivity index (χ1) is 15.0. The summed E-state index contributed by atoms with van der Waals surface area (Å²) in [5.41, 5.74) is 3.46. The monoisotopic (exact) mass is 425 g/mol. The van der Waals surface area contributed by atoms with E-state index in [0.29, 0.717) is 36.0 Å². The lowest BCUT2D eigenvalue weighted by molar-refractivity contribution is -0.114. The van der Waals surface area contributed by atoms with Crippen molar-refractivity contribution in [3.63, 3.8) is 0 Å². The molecule has 1 saturated heterocycles. The van der Waals surface area contributed by atoms with Gasteiger partial charge in [-0.1, -0.05) is 0 Å². The minimum Gasteiger partial charge on any atom is -0.350 e. The summed E-state index contributed by atoms with van der Waals surface area (Å²) in [6, 6.07) is 4.77. The van der Waals surface area contributed by atoms with Gasteiger partial charge in [0.05, 0.1) is 5.69 Å². The van der Waals surface area contributed by atoms with Crippen LogP contribution in [0.3, 0.4) is 0 Å². The minimum absolute atomic E-state index is 0.201. The van der Waals surface area contributed by atoms with Gasteiger partial charge in [0, 0.05) is 51.5 Å². The average molecular weight is 426 g/mol. The second-order valence-corrected chi connectivity index (χ2v) is 7.85. The molecule has 3 heterocycles. The number of fused-ring (bicyclic) bond motifs is 1. The Balaban J connectivity index is 1.49. The molecule has 1 amide bonds. The van der Waals surface area contributed by atoms with Gasteiger partial charge in [-0.25, -0.2) is 19.4 Å². The Morgan fingerprint density at radius 1 is 1.26 bits per heavy atom. The van der Waals surface area contributed by atoms with Crippen LogP contribution in [-0.2, 0) is 11.2 Å². The first-order valence-electron chi connectivity index (χ1n) is 10.7. The maximum Gasteiger partial charge on any atom is 0.265 e. The Morgan fingerprint density at radius 2 is 2.06 bits per heavy atom. The minimum atomic E-state index is -0.244. The molecular formula is C22H28FN7O. The van der Waals surface area contributed by atoms with Crippen LogP contribution in [0.5, 0.6) is 0 Å². The van der Waals surface area contributed by atoms with Crippen molar-refractivity contribution in [2.45, 2.75) is 20.3 Å². The molecule has 1 aromatic carbocycles. The fourth-order valence-electron chi connectivity index (χ4n) is 3.98. The van der Waals surface area contributed by atoms with Crippen LogP contribution in [-0.4, -0.2) is 72.3 Å². The summed E-state index contributed by atoms with van der Waals surface area (Å²) >= 11 is 0. The Hall–Kier alpha value is -2.91. The van der Waals surface area contributed by atoms with E-state index in [2.05, 4.69) is 30.5 Å². The van der Waals surface area contributed by atoms with Crippen molar-refractivity contribution in [1.29, 1.82) is 0 Å². The topological polar surface area (TPSA) is 85.8 Å². The van der Waals surface area contributed by atoms with Gasteiger partial charge in [-0.05, 0) is 44.0 Å². The smallest absolute Gasteiger partial charge is 0.265 e. The molecule has 0 spiro atoms. The largest absolute Gasteiger partial charge is 0.350 e. The third kappa shape index (κ3) is 4.88. The summed E-state index contributed by atoms with van der Waals surface area (Å²) in [5.74, 6) is 0.185. The van der Waals surface area contributed by atoms with Crippen LogP contribution in [0.25, 0.3) is 0 Å². The van der Waals surface area contributed by atoms with Crippen molar-refractivity contribution in [3.05, 3.63) is 41.6 Å². The highest BCUT2D eigenvalue weighted by atomic mass is 19.1. The number of carbonyl (C=O) groups is 1. The van der Waals surface area contributed by atoms with Gasteiger partial charge in [0.15, 0.2) is 5.82 Å². The van der Waals surface area contributed by atoms with Crippen LogP contribution in [0.1, 0.15) is 18.2 Å². The zero-order valence-corrected chi connectivity index (χ0v) is 18.0. The number of hydrogen-bond donors (Lipinski definition) is 2. The molecule has 0 radical (unpaired) electrons. The number of anilines is 2. The lowest BCUT2D eigenvalue weighted by Gasteiger charge is -2.27. The van der Waals surface area contributed by atoms with Crippen molar-refractivity contribution >= 4 is 28.8 Å². The molecule has 0 saturated carbocycles. The summed E-state index contributed by atoms with van der Waals surface area (Å²) < 4.78 is 13.6. The van der Waals surface area contributed by atoms with Crippen LogP contribution in [0.15, 0.2) is 29.5 Å². The van der Waals surface area contributed by atoms with Gasteiger partial charge in [-0.2, -0.15) is 0 Å². The third-order valence-corrected chi connectivity index (χ3v) is 5.71. The molecule has 2 aliphatic rings. The Bertz CT molecular complexity index is 988. The number of halogens is 1. The van der Waals surface area contributed by atoms with Gasteiger partial charge in [0.1, 0.15) is 23.5 Å². The highest BCUT2D eigenvalue weighted by Crippen LogP contribution is 2.39. The number of nitrogens with one attached hydrogen (secondary N) is 2. The average Bonchev–Trinajstić information content (AvgIpc) is 3.18. The van der Waals surface area contributed by atoms with Gasteiger partial charge in [0.25, 0.3) is 5.91 Å². The van der Waals surface area contributed by atoms with Crippen molar-refractivity contribution in [2.24, 2.45) is 4.99 Å². The van der Waals surface area contributed by atoms with Crippen LogP contribution < -0.4 is 15.5 Å². The summed E-state index contributed by atoms with van der Waals surface area (Å²) in [6.07, 6.45) is 2.22. The third-order valence-electron chi connectivity index (χ3n) is 5.71. The fraction of sp³-hybridized carbons (Fsp3) is 0.455. The lowest BCUT2D eigenvalue weighted by atomic mass is 10.1. The van der Waals surface area contributed by atoms with Crippen LogP contribution in [0.4, 0.5) is 21.6 Å². The van der Waals surface area contributed by atoms with E-state index >= 15 is 0 Å². The van der Waals surface area contributed by atoms with E-state index in [1.807, 2.05) is 11.8 Å². The molecule has 31 heavy (non-hydrogen) atoms. The number of aromatic nitrogens is 2. The first-order valence-corrected chi connectivity index (χ1v) is 10.7. The standard InChI is InChI=1S/C22H28FN7O/c1-15-20(28-16(2)22(31)25-8-12-29-10-6-24-7-11-29)21(27-14-26-15)30-9-5-17-13-18(23)3-4-19(17)30/h3-4,13-14,24H,5-12H2,1-2H3,(H,25,31)/b28-16+. The molecule has 0 aliphatic carbocycles. The van der Waals surface area contributed by atoms with Crippen molar-refractivity contribution in [2.75, 3.05) is 50.7 Å². The molecule has 1 fully saturated rings. The molecule has 1 aromatic heterocycles. The number of hydrogen-bond acceptors (Lipinski definition) is 7. The van der Waals surface area contributed by atoms with Crippen molar-refractivity contribution in [1.82, 2.24) is 25.5 Å². The normalized spacial score (nSPS) is 17.0. The quantitative estimate of drug-likeness (QED) is 0.686. The molecule has 8 nitrogen and oxygen atoms in total.